The van der Waals surface area contributed by atoms with Crippen molar-refractivity contribution in [1.82, 2.24) is 4.98 Å². The van der Waals surface area contributed by atoms with Gasteiger partial charge < -0.3 is 15.4 Å². The minimum atomic E-state index is -0.521. The lowest BCUT2D eigenvalue weighted by Gasteiger charge is -2.43. The van der Waals surface area contributed by atoms with Crippen LogP contribution in [0, 0.1) is 32.6 Å². The average molecular weight is 455 g/mol. The number of aromatic amines is 1. The maximum Gasteiger partial charge on any atom is 0.0831 e. The number of aliphatic hydroxyl groups excluding tert-OH is 1. The van der Waals surface area contributed by atoms with Gasteiger partial charge in [-0.15, -0.1) is 11.3 Å². The number of hydrogen-bond donors (Lipinski definition) is 3. The second-order valence-corrected chi connectivity index (χ2v) is 11.0. The Hall–Kier alpha value is -3.00. The molecule has 0 fully saturated rings. The number of fused-ring (bicyclic) bond motifs is 2. The van der Waals surface area contributed by atoms with Crippen molar-refractivity contribution in [3.05, 3.63) is 74.6 Å². The van der Waals surface area contributed by atoms with Gasteiger partial charge in [0, 0.05) is 55.7 Å². The Morgan fingerprint density at radius 1 is 1.03 bits per heavy atom. The van der Waals surface area contributed by atoms with Gasteiger partial charge in [-0.25, -0.2) is 0 Å². The number of aliphatic hydroxyl groups is 1. The second kappa shape index (κ2) is 7.80. The highest BCUT2D eigenvalue weighted by molar-refractivity contribution is 7.10. The molecule has 1 aliphatic rings. The van der Waals surface area contributed by atoms with E-state index in [0.29, 0.717) is 0 Å². The quantitative estimate of drug-likeness (QED) is 0.274. The Labute approximate surface area is 199 Å². The number of thiophene rings is 1. The molecular weight excluding hydrogens is 424 g/mol. The molecule has 1 aliphatic heterocycles. The third-order valence-electron chi connectivity index (χ3n) is 6.95. The molecule has 0 aliphatic carbocycles. The number of H-pyrrole nitrogens is 1. The first-order chi connectivity index (χ1) is 15.7. The number of benzene rings is 2. The Bertz CT molecular complexity index is 1440. The molecule has 168 valence electrons. The summed E-state index contributed by atoms with van der Waals surface area (Å²) in [5, 5.41) is 18.1. The summed E-state index contributed by atoms with van der Waals surface area (Å²) in [5.41, 5.74) is 9.60. The first-order valence-corrected chi connectivity index (χ1v) is 12.3. The standard InChI is InChI=1S/C29H30N2OS/c1-16-12-24(23-9-7-8-21-17(2)14-30-27(21)23)22(11-10-20-13-18(3)33-15-20)25-19(4)28(32)29(5,6)31-26(16)25/h7-9,12-15,19,28,30-32H,1-6H3. The summed E-state index contributed by atoms with van der Waals surface area (Å²) in [6.45, 7) is 12.6. The van der Waals surface area contributed by atoms with Gasteiger partial charge in [-0.2, -0.15) is 0 Å². The van der Waals surface area contributed by atoms with Gasteiger partial charge in [-0.1, -0.05) is 37.0 Å². The molecule has 2 unspecified atom stereocenters. The number of aromatic nitrogens is 1. The van der Waals surface area contributed by atoms with Crippen molar-refractivity contribution < 1.29 is 5.11 Å². The van der Waals surface area contributed by atoms with Gasteiger partial charge in [0.1, 0.15) is 0 Å². The van der Waals surface area contributed by atoms with Crippen LogP contribution in [0.4, 0.5) is 5.69 Å². The van der Waals surface area contributed by atoms with E-state index >= 15 is 0 Å². The van der Waals surface area contributed by atoms with Crippen LogP contribution in [0.1, 0.15) is 59.4 Å². The molecular formula is C29H30N2OS. The molecule has 0 spiro atoms. The van der Waals surface area contributed by atoms with E-state index in [0.717, 1.165) is 39.0 Å². The second-order valence-electron chi connectivity index (χ2n) is 9.88. The van der Waals surface area contributed by atoms with Crippen LogP contribution in [0.2, 0.25) is 0 Å². The summed E-state index contributed by atoms with van der Waals surface area (Å²) in [4.78, 5) is 4.73. The van der Waals surface area contributed by atoms with Crippen LogP contribution in [-0.4, -0.2) is 21.7 Å². The third-order valence-corrected chi connectivity index (χ3v) is 7.82. The lowest BCUT2D eigenvalue weighted by atomic mass is 9.75. The van der Waals surface area contributed by atoms with Crippen molar-refractivity contribution in [3.8, 4) is 23.0 Å². The maximum atomic E-state index is 11.2. The molecule has 0 amide bonds. The van der Waals surface area contributed by atoms with E-state index < -0.39 is 11.6 Å². The lowest BCUT2D eigenvalue weighted by Crippen LogP contribution is -2.50. The fraction of sp³-hybridized carbons (Fsp3) is 0.310. The number of aryl methyl sites for hydroxylation is 3. The van der Waals surface area contributed by atoms with Crippen molar-refractivity contribution in [2.24, 2.45) is 0 Å². The van der Waals surface area contributed by atoms with Gasteiger partial charge in [0.15, 0.2) is 0 Å². The first kappa shape index (κ1) is 21.8. The highest BCUT2D eigenvalue weighted by Crippen LogP contribution is 2.46. The van der Waals surface area contributed by atoms with E-state index in [4.69, 9.17) is 0 Å². The molecule has 3 heterocycles. The van der Waals surface area contributed by atoms with Crippen molar-refractivity contribution in [2.45, 2.75) is 59.1 Å². The van der Waals surface area contributed by atoms with Crippen LogP contribution in [0.5, 0.6) is 0 Å². The Kier molecular flexibility index (Phi) is 5.16. The van der Waals surface area contributed by atoms with E-state index in [2.05, 4.69) is 106 Å². The zero-order valence-electron chi connectivity index (χ0n) is 20.1. The minimum Gasteiger partial charge on any atom is -0.390 e. The molecule has 33 heavy (non-hydrogen) atoms. The average Bonchev–Trinajstić information content (AvgIpc) is 3.37. The first-order valence-electron chi connectivity index (χ1n) is 11.5. The number of para-hydroxylation sites is 1. The molecule has 0 radical (unpaired) electrons. The SMILES string of the molecule is Cc1cc(C#Cc2c(-c3cccc4c(C)c[nH]c34)cc(C)c3c2C(C)C(O)C(C)(C)N3)cs1. The third kappa shape index (κ3) is 3.57. The van der Waals surface area contributed by atoms with E-state index in [1.165, 1.54) is 21.4 Å². The van der Waals surface area contributed by atoms with Crippen molar-refractivity contribution in [1.29, 1.82) is 0 Å². The fourth-order valence-electron chi connectivity index (χ4n) is 5.15. The number of hydrogen-bond acceptors (Lipinski definition) is 3. The molecule has 0 bridgehead atoms. The van der Waals surface area contributed by atoms with Crippen molar-refractivity contribution in [3.63, 3.8) is 0 Å². The predicted molar refractivity (Wildman–Crippen MR) is 140 cm³/mol. The van der Waals surface area contributed by atoms with Crippen molar-refractivity contribution >= 4 is 27.9 Å². The molecule has 2 aromatic heterocycles. The molecule has 0 saturated carbocycles. The normalized spacial score (nSPS) is 19.0. The van der Waals surface area contributed by atoms with Crippen LogP contribution < -0.4 is 5.32 Å². The number of anilines is 1. The number of rotatable bonds is 1. The van der Waals surface area contributed by atoms with Crippen LogP contribution in [0.15, 0.2) is 41.9 Å². The van der Waals surface area contributed by atoms with Crippen LogP contribution in [0.3, 0.4) is 0 Å². The topological polar surface area (TPSA) is 48.0 Å². The van der Waals surface area contributed by atoms with Crippen LogP contribution >= 0.6 is 11.3 Å². The molecule has 4 aromatic rings. The van der Waals surface area contributed by atoms with Gasteiger partial charge >= 0.3 is 0 Å². The molecule has 3 nitrogen and oxygen atoms in total. The summed E-state index contributed by atoms with van der Waals surface area (Å²) in [5.74, 6) is 6.90. The van der Waals surface area contributed by atoms with Crippen LogP contribution in [0.25, 0.3) is 22.0 Å². The van der Waals surface area contributed by atoms with E-state index in [-0.39, 0.29) is 5.92 Å². The van der Waals surface area contributed by atoms with Gasteiger partial charge in [0.2, 0.25) is 0 Å². The summed E-state index contributed by atoms with van der Waals surface area (Å²) < 4.78 is 0. The fourth-order valence-corrected chi connectivity index (χ4v) is 5.79. The summed E-state index contributed by atoms with van der Waals surface area (Å²) in [6, 6.07) is 10.8. The van der Waals surface area contributed by atoms with E-state index in [1.54, 1.807) is 11.3 Å². The number of nitrogens with one attached hydrogen (secondary N) is 2. The van der Waals surface area contributed by atoms with E-state index in [9.17, 15) is 5.11 Å². The van der Waals surface area contributed by atoms with Gasteiger partial charge in [0.05, 0.1) is 17.2 Å². The molecule has 3 N–H and O–H groups in total. The smallest absolute Gasteiger partial charge is 0.0831 e. The van der Waals surface area contributed by atoms with Crippen LogP contribution in [-0.2, 0) is 0 Å². The molecule has 2 aromatic carbocycles. The van der Waals surface area contributed by atoms with Gasteiger partial charge in [-0.05, 0) is 63.4 Å². The maximum absolute atomic E-state index is 11.2. The summed E-state index contributed by atoms with van der Waals surface area (Å²) >= 11 is 1.72. The van der Waals surface area contributed by atoms with Gasteiger partial charge in [-0.3, -0.25) is 0 Å². The summed E-state index contributed by atoms with van der Waals surface area (Å²) in [7, 11) is 0. The summed E-state index contributed by atoms with van der Waals surface area (Å²) in [6.07, 6.45) is 1.54. The molecule has 2 atom stereocenters. The Morgan fingerprint density at radius 2 is 1.82 bits per heavy atom. The Balaban J connectivity index is 1.83. The molecule has 4 heteroatoms. The van der Waals surface area contributed by atoms with Crippen molar-refractivity contribution in [2.75, 3.05) is 5.32 Å². The van der Waals surface area contributed by atoms with Gasteiger partial charge in [0.25, 0.3) is 0 Å². The monoisotopic (exact) mass is 454 g/mol. The highest BCUT2D eigenvalue weighted by Gasteiger charge is 2.40. The zero-order chi connectivity index (χ0) is 23.5. The highest BCUT2D eigenvalue weighted by atomic mass is 32.1. The minimum absolute atomic E-state index is 0.0482. The largest absolute Gasteiger partial charge is 0.390 e. The lowest BCUT2D eigenvalue weighted by molar-refractivity contribution is 0.0868. The molecule has 0 saturated heterocycles. The predicted octanol–water partition coefficient (Wildman–Crippen LogP) is 6.89. The van der Waals surface area contributed by atoms with E-state index in [1.807, 2.05) is 0 Å². The molecule has 5 rings (SSSR count). The zero-order valence-corrected chi connectivity index (χ0v) is 20.9. The Morgan fingerprint density at radius 3 is 2.55 bits per heavy atom.